The molecule has 9 rings (SSSR count). The Kier molecular flexibility index (Phi) is 20.7. The Hall–Kier alpha value is -6.97. The van der Waals surface area contributed by atoms with E-state index in [-0.39, 0.29) is 30.9 Å². The van der Waals surface area contributed by atoms with E-state index in [1.165, 1.54) is 49.6 Å². The molecule has 78 heavy (non-hydrogen) atoms. The molecule has 408 valence electrons. The predicted molar refractivity (Wildman–Crippen MR) is 314 cm³/mol. The predicted octanol–water partition coefficient (Wildman–Crippen LogP) is 10.2. The normalized spacial score (nSPS) is 11.1. The summed E-state index contributed by atoms with van der Waals surface area (Å²) in [7, 11) is 7.25. The third-order valence-electron chi connectivity index (χ3n) is 13.5. The maximum Gasteiger partial charge on any atom is 0.277 e. The number of carbonyl (C=O) groups is 3. The van der Waals surface area contributed by atoms with E-state index in [4.69, 9.17) is 19.6 Å². The Morgan fingerprint density at radius 1 is 0.526 bits per heavy atom. The van der Waals surface area contributed by atoms with Gasteiger partial charge in [-0.05, 0) is 153 Å². The van der Waals surface area contributed by atoms with Crippen LogP contribution >= 0.6 is 35.3 Å². The minimum absolute atomic E-state index is 0.0410. The summed E-state index contributed by atoms with van der Waals surface area (Å²) in [5, 5.41) is 11.3. The zero-order chi connectivity index (χ0) is 56.0. The fourth-order valence-corrected chi connectivity index (χ4v) is 10.9. The zero-order valence-electron chi connectivity index (χ0n) is 45.9. The van der Waals surface area contributed by atoms with Crippen molar-refractivity contribution in [1.82, 2.24) is 45.1 Å². The highest BCUT2D eigenvalue weighted by Gasteiger charge is 2.26. The topological polar surface area (TPSA) is 189 Å². The van der Waals surface area contributed by atoms with Gasteiger partial charge in [0.25, 0.3) is 17.7 Å². The molecule has 0 radical (unpaired) electrons. The molecular weight excluding hydrogens is 1040 g/mol. The number of hydroxylamine groups is 3. The Morgan fingerprint density at radius 2 is 0.859 bits per heavy atom. The third kappa shape index (κ3) is 13.3. The van der Waals surface area contributed by atoms with Gasteiger partial charge in [-0.15, -0.1) is 35.3 Å². The third-order valence-corrected chi connectivity index (χ3v) is 15.6. The van der Waals surface area contributed by atoms with Crippen molar-refractivity contribution in [2.24, 2.45) is 21.1 Å². The number of fused-ring (bicyclic) bond motifs is 3. The first-order valence-corrected chi connectivity index (χ1v) is 28.8. The van der Waals surface area contributed by atoms with E-state index < -0.39 is 0 Å². The van der Waals surface area contributed by atoms with Crippen LogP contribution in [-0.4, -0.2) is 97.2 Å². The maximum absolute atomic E-state index is 12.8. The fourth-order valence-electron chi connectivity index (χ4n) is 9.38. The van der Waals surface area contributed by atoms with Crippen molar-refractivity contribution in [3.63, 3.8) is 0 Å². The second kappa shape index (κ2) is 27.6. The van der Waals surface area contributed by atoms with Crippen LogP contribution in [0.15, 0.2) is 124 Å². The molecule has 0 saturated carbocycles. The smallest absolute Gasteiger partial charge is 0.277 e. The molecule has 16 nitrogen and oxygen atoms in total. The summed E-state index contributed by atoms with van der Waals surface area (Å²) in [6, 6.07) is 30.5. The van der Waals surface area contributed by atoms with Gasteiger partial charge in [0.05, 0.1) is 43.6 Å². The van der Waals surface area contributed by atoms with E-state index in [2.05, 4.69) is 126 Å². The molecule has 6 aromatic heterocycles. The number of aliphatic hydroxyl groups is 1. The summed E-state index contributed by atoms with van der Waals surface area (Å²) in [5.41, 5.74) is 21.4. The number of amides is 3. The highest BCUT2D eigenvalue weighted by molar-refractivity contribution is 7.99. The lowest BCUT2D eigenvalue weighted by atomic mass is 10.0. The summed E-state index contributed by atoms with van der Waals surface area (Å²) >= 11 is 5.16. The van der Waals surface area contributed by atoms with Crippen LogP contribution in [-0.2, 0) is 54.9 Å². The van der Waals surface area contributed by atoms with Gasteiger partial charge in [0.1, 0.15) is 16.9 Å². The molecule has 0 spiro atoms. The van der Waals surface area contributed by atoms with Crippen molar-refractivity contribution < 1.29 is 34.0 Å². The molecule has 0 aliphatic carbocycles. The maximum atomic E-state index is 12.8. The molecule has 0 bridgehead atoms. The number of hydrogen-bond acceptors (Lipinski definition) is 13. The van der Waals surface area contributed by atoms with Crippen LogP contribution in [0.2, 0.25) is 0 Å². The number of aliphatic hydroxyl groups excluding tert-OH is 1. The quantitative estimate of drug-likeness (QED) is 0.0361. The summed E-state index contributed by atoms with van der Waals surface area (Å²) < 4.78 is 5.94. The van der Waals surface area contributed by atoms with Gasteiger partial charge in [0.15, 0.2) is 0 Å². The summed E-state index contributed by atoms with van der Waals surface area (Å²) in [4.78, 5) is 70.1. The number of aryl methyl sites for hydroxylation is 6. The molecule has 0 aliphatic rings. The molecule has 0 aliphatic heterocycles. The lowest BCUT2D eigenvalue weighted by molar-refractivity contribution is 0.0168. The van der Waals surface area contributed by atoms with E-state index in [9.17, 15) is 14.4 Å². The molecule has 4 N–H and O–H groups in total. The van der Waals surface area contributed by atoms with E-state index in [0.717, 1.165) is 55.7 Å². The molecule has 9 aromatic rings. The Balaban J connectivity index is 0.000000170. The average molecular weight is 1110 g/mol. The van der Waals surface area contributed by atoms with Crippen LogP contribution in [0.3, 0.4) is 0 Å². The average Bonchev–Trinajstić information content (AvgIpc) is 4.10. The van der Waals surface area contributed by atoms with E-state index in [1.54, 1.807) is 53.9 Å². The molecule has 3 aromatic carbocycles. The summed E-state index contributed by atoms with van der Waals surface area (Å²) in [5.74, 6) is -0.830. The van der Waals surface area contributed by atoms with Gasteiger partial charge in [0.2, 0.25) is 0 Å². The SMILES string of the molecule is CCONC(=O)c1c(Cc2ccc(SC)cc2C)n(C)c2ncccc12.CONC(=O)c1c(Cc2ccc(SC)cc2C)n(C)c2ncccc12.CSc1ccc(Cc2c(C(=O)NOCCO)c3cccnc3n2C)c(C)c1. The van der Waals surface area contributed by atoms with Gasteiger partial charge in [-0.1, -0.05) is 18.2 Å². The second-order valence-electron chi connectivity index (χ2n) is 18.2. The number of thioether (sulfide) groups is 3. The van der Waals surface area contributed by atoms with Crippen molar-refractivity contribution in [1.29, 1.82) is 0 Å². The van der Waals surface area contributed by atoms with Crippen LogP contribution in [0, 0.1) is 20.8 Å². The standard InChI is InChI=1S/C20H23N3O3S.C20H23N3O2S.C19H21N3O2S/c1-13-11-15(27-3)7-6-14(13)12-17-18(20(25)22-26-10-9-24)16-5-4-8-21-19(16)23(17)2;1-5-25-22-20(24)18-16-7-6-10-21-19(16)23(3)17(18)12-14-8-9-15(26-4)11-13(14)2;1-12-10-14(25-4)8-7-13(12)11-16-17(19(23)21-24-3)15-6-5-9-20-18(15)22(16)2/h4-8,11,24H,9-10,12H2,1-3H3,(H,22,25);6-11H,5,12H2,1-4H3,(H,22,24);5-10H,11H2,1-4H3,(H,21,23). The Bertz CT molecular complexity index is 3590. The number of nitrogens with zero attached hydrogens (tertiary/aromatic N) is 6. The van der Waals surface area contributed by atoms with Gasteiger partial charge in [-0.25, -0.2) is 31.4 Å². The molecule has 0 atom stereocenters. The summed E-state index contributed by atoms with van der Waals surface area (Å²) in [6.45, 7) is 8.42. The lowest BCUT2D eigenvalue weighted by Gasteiger charge is -2.11. The van der Waals surface area contributed by atoms with Crippen molar-refractivity contribution in [2.75, 3.05) is 45.7 Å². The minimum Gasteiger partial charge on any atom is -0.394 e. The van der Waals surface area contributed by atoms with E-state index in [1.807, 2.05) is 78.2 Å². The van der Waals surface area contributed by atoms with Crippen molar-refractivity contribution >= 4 is 86.1 Å². The summed E-state index contributed by atoms with van der Waals surface area (Å²) in [6.07, 6.45) is 13.3. The number of nitrogens with one attached hydrogen (secondary N) is 3. The fraction of sp³-hybridized carbons (Fsp3) is 0.288. The number of hydrogen-bond donors (Lipinski definition) is 4. The molecule has 19 heteroatoms. The number of pyridine rings is 3. The van der Waals surface area contributed by atoms with Crippen LogP contribution in [0.25, 0.3) is 33.1 Å². The van der Waals surface area contributed by atoms with Gasteiger partial charge in [-0.3, -0.25) is 28.9 Å². The highest BCUT2D eigenvalue weighted by Crippen LogP contribution is 2.32. The van der Waals surface area contributed by atoms with Gasteiger partial charge in [0, 0.05) is 107 Å². The molecule has 3 amide bonds. The molecule has 0 fully saturated rings. The van der Waals surface area contributed by atoms with Gasteiger partial charge in [-0.2, -0.15) is 0 Å². The number of benzene rings is 3. The first kappa shape index (κ1) is 58.7. The first-order chi connectivity index (χ1) is 37.7. The Morgan fingerprint density at radius 3 is 1.15 bits per heavy atom. The minimum atomic E-state index is -0.338. The Labute approximate surface area is 467 Å². The molecule has 0 saturated heterocycles. The molecule has 0 unspecified atom stereocenters. The molecule has 6 heterocycles. The monoisotopic (exact) mass is 1110 g/mol. The number of aromatic nitrogens is 6. The highest BCUT2D eigenvalue weighted by atomic mass is 32.2. The van der Waals surface area contributed by atoms with E-state index in [0.29, 0.717) is 42.6 Å². The van der Waals surface area contributed by atoms with Crippen LogP contribution in [0.4, 0.5) is 0 Å². The number of carbonyl (C=O) groups excluding carboxylic acids is 3. The van der Waals surface area contributed by atoms with Gasteiger partial charge < -0.3 is 18.8 Å². The van der Waals surface area contributed by atoms with Gasteiger partial charge >= 0.3 is 0 Å². The van der Waals surface area contributed by atoms with Crippen molar-refractivity contribution in [3.8, 4) is 0 Å². The largest absolute Gasteiger partial charge is 0.394 e. The van der Waals surface area contributed by atoms with Crippen LogP contribution in [0.1, 0.15) is 88.5 Å². The van der Waals surface area contributed by atoms with Crippen LogP contribution < -0.4 is 16.4 Å². The lowest BCUT2D eigenvalue weighted by Crippen LogP contribution is -2.26. The number of rotatable bonds is 18. The van der Waals surface area contributed by atoms with Crippen molar-refractivity contribution in [2.45, 2.75) is 61.6 Å². The second-order valence-corrected chi connectivity index (χ2v) is 20.8. The first-order valence-electron chi connectivity index (χ1n) is 25.2. The van der Waals surface area contributed by atoms with Crippen molar-refractivity contribution in [3.05, 3.63) is 177 Å². The van der Waals surface area contributed by atoms with E-state index >= 15 is 0 Å². The zero-order valence-corrected chi connectivity index (χ0v) is 48.4. The molecular formula is C59H67N9O7S3. The van der Waals surface area contributed by atoms with Crippen LogP contribution in [0.5, 0.6) is 0 Å².